The molecule has 0 spiro atoms. The summed E-state index contributed by atoms with van der Waals surface area (Å²) in [7, 11) is 0. The van der Waals surface area contributed by atoms with Gasteiger partial charge in [-0.1, -0.05) is 81.1 Å². The van der Waals surface area contributed by atoms with Crippen LogP contribution in [0.4, 0.5) is 0 Å². The van der Waals surface area contributed by atoms with Crippen LogP contribution in [-0.4, -0.2) is 0 Å². The van der Waals surface area contributed by atoms with E-state index in [-0.39, 0.29) is 0 Å². The molecule has 0 rings (SSSR count). The van der Waals surface area contributed by atoms with Crippen molar-refractivity contribution in [3.8, 4) is 0 Å². The first-order valence-electron chi connectivity index (χ1n) is 7.19. The van der Waals surface area contributed by atoms with Gasteiger partial charge in [-0.25, -0.2) is 0 Å². The zero-order valence-corrected chi connectivity index (χ0v) is 13.2. The fourth-order valence-corrected chi connectivity index (χ4v) is 1.37. The predicted molar refractivity (Wildman–Crippen MR) is 77.9 cm³/mol. The van der Waals surface area contributed by atoms with Gasteiger partial charge in [-0.2, -0.15) is 0 Å². The van der Waals surface area contributed by atoms with E-state index >= 15 is 0 Å². The van der Waals surface area contributed by atoms with Crippen LogP contribution in [0.1, 0.15) is 87.5 Å². The van der Waals surface area contributed by atoms with Crippen molar-refractivity contribution in [3.05, 3.63) is 0 Å². The third kappa shape index (κ3) is 23.7. The molecule has 0 atom stereocenters. The lowest BCUT2D eigenvalue weighted by Crippen LogP contribution is -2.03. The van der Waals surface area contributed by atoms with E-state index in [0.29, 0.717) is 5.41 Å². The minimum atomic E-state index is 0.552. The summed E-state index contributed by atoms with van der Waals surface area (Å²) in [6.45, 7) is 18.2. The van der Waals surface area contributed by atoms with Gasteiger partial charge in [0.1, 0.15) is 0 Å². The second kappa shape index (κ2) is 10.2. The van der Waals surface area contributed by atoms with Crippen LogP contribution in [0.5, 0.6) is 0 Å². The Bertz CT molecular complexity index is 117. The van der Waals surface area contributed by atoms with Crippen LogP contribution in [0.25, 0.3) is 0 Å². The van der Waals surface area contributed by atoms with Crippen LogP contribution < -0.4 is 0 Å². The molecule has 0 aliphatic carbocycles. The molecule has 0 aromatic carbocycles. The highest BCUT2D eigenvalue weighted by Gasteiger charge is 2.07. The summed E-state index contributed by atoms with van der Waals surface area (Å²) in [5, 5.41) is 0. The average molecular weight is 228 g/mol. The van der Waals surface area contributed by atoms with Gasteiger partial charge in [-0.05, 0) is 23.7 Å². The maximum atomic E-state index is 2.29. The number of hydrogen-bond acceptors (Lipinski definition) is 0. The lowest BCUT2D eigenvalue weighted by Gasteiger charge is -2.16. The zero-order chi connectivity index (χ0) is 13.2. The molecule has 100 valence electrons. The maximum absolute atomic E-state index is 2.29. The number of unbranched alkanes of at least 4 members (excludes halogenated alkanes) is 1. The van der Waals surface area contributed by atoms with E-state index in [1.165, 1.54) is 32.1 Å². The molecule has 0 N–H and O–H groups in total. The van der Waals surface area contributed by atoms with Gasteiger partial charge in [0.15, 0.2) is 0 Å². The fourth-order valence-electron chi connectivity index (χ4n) is 1.37. The molecule has 0 nitrogen and oxygen atoms in total. The molecule has 0 unspecified atom stereocenters. The molecule has 0 aromatic rings. The van der Waals surface area contributed by atoms with Crippen molar-refractivity contribution in [2.75, 3.05) is 0 Å². The number of rotatable bonds is 5. The molecule has 0 radical (unpaired) electrons. The summed E-state index contributed by atoms with van der Waals surface area (Å²) < 4.78 is 0. The van der Waals surface area contributed by atoms with E-state index < -0.39 is 0 Å². The molecule has 0 heteroatoms. The third-order valence-electron chi connectivity index (χ3n) is 2.60. The molecule has 0 aliphatic rings. The van der Waals surface area contributed by atoms with Crippen LogP contribution in [0, 0.1) is 17.3 Å². The largest absolute Gasteiger partial charge is 0.0654 e. The second-order valence-corrected chi connectivity index (χ2v) is 7.03. The van der Waals surface area contributed by atoms with E-state index in [4.69, 9.17) is 0 Å². The van der Waals surface area contributed by atoms with Crippen molar-refractivity contribution in [3.63, 3.8) is 0 Å². The minimum Gasteiger partial charge on any atom is -0.0654 e. The highest BCUT2D eigenvalue weighted by molar-refractivity contribution is 4.59. The van der Waals surface area contributed by atoms with Crippen LogP contribution in [-0.2, 0) is 0 Å². The first-order chi connectivity index (χ1) is 7.19. The molecule has 0 aliphatic heterocycles. The summed E-state index contributed by atoms with van der Waals surface area (Å²) in [5.41, 5.74) is 0.552. The molecule has 16 heavy (non-hydrogen) atoms. The third-order valence-corrected chi connectivity index (χ3v) is 2.60. The molecule has 0 heterocycles. The van der Waals surface area contributed by atoms with Crippen molar-refractivity contribution < 1.29 is 0 Å². The standard InChI is InChI=1S/2C8H18/c1-7(2)5-6-8(3)4;1-5-6-7-8(2,3)4/h7-8H,5-6H2,1-4H3;5-7H2,1-4H3. The van der Waals surface area contributed by atoms with E-state index in [0.717, 1.165) is 11.8 Å². The Kier molecular flexibility index (Phi) is 11.7. The Morgan fingerprint density at radius 2 is 1.19 bits per heavy atom. The van der Waals surface area contributed by atoms with Gasteiger partial charge in [-0.15, -0.1) is 0 Å². The van der Waals surface area contributed by atoms with Gasteiger partial charge in [0.2, 0.25) is 0 Å². The van der Waals surface area contributed by atoms with Crippen LogP contribution in [0.15, 0.2) is 0 Å². The van der Waals surface area contributed by atoms with E-state index in [1.54, 1.807) is 0 Å². The van der Waals surface area contributed by atoms with Gasteiger partial charge in [0, 0.05) is 0 Å². The lowest BCUT2D eigenvalue weighted by atomic mass is 9.90. The fraction of sp³-hybridized carbons (Fsp3) is 1.00. The SMILES string of the molecule is CC(C)CCC(C)C.CCCCC(C)(C)C. The summed E-state index contributed by atoms with van der Waals surface area (Å²) in [6.07, 6.45) is 6.85. The molecule has 0 bridgehead atoms. The van der Waals surface area contributed by atoms with Crippen molar-refractivity contribution in [1.82, 2.24) is 0 Å². The molecular weight excluding hydrogens is 192 g/mol. The first kappa shape index (κ1) is 18.4. The van der Waals surface area contributed by atoms with E-state index in [2.05, 4.69) is 55.4 Å². The number of hydrogen-bond donors (Lipinski definition) is 0. The van der Waals surface area contributed by atoms with Gasteiger partial charge in [0.25, 0.3) is 0 Å². The Hall–Kier alpha value is 0. The summed E-state index contributed by atoms with van der Waals surface area (Å²) in [5.74, 6) is 1.77. The average Bonchev–Trinajstić information content (AvgIpc) is 2.11. The zero-order valence-electron chi connectivity index (χ0n) is 13.2. The highest BCUT2D eigenvalue weighted by Crippen LogP contribution is 2.20. The topological polar surface area (TPSA) is 0 Å². The van der Waals surface area contributed by atoms with E-state index in [1.807, 2.05) is 0 Å². The maximum Gasteiger partial charge on any atom is -0.0383 e. The van der Waals surface area contributed by atoms with Crippen molar-refractivity contribution in [2.24, 2.45) is 17.3 Å². The smallest absolute Gasteiger partial charge is 0.0383 e. The molecule has 0 amide bonds. The molecule has 0 fully saturated rings. The van der Waals surface area contributed by atoms with Crippen LogP contribution in [0.2, 0.25) is 0 Å². The van der Waals surface area contributed by atoms with Crippen molar-refractivity contribution in [2.45, 2.75) is 87.5 Å². The Balaban J connectivity index is 0. The van der Waals surface area contributed by atoms with Gasteiger partial charge >= 0.3 is 0 Å². The Morgan fingerprint density at radius 1 is 0.812 bits per heavy atom. The molecular formula is C16H36. The van der Waals surface area contributed by atoms with Crippen molar-refractivity contribution in [1.29, 1.82) is 0 Å². The molecule has 0 saturated heterocycles. The monoisotopic (exact) mass is 228 g/mol. The Morgan fingerprint density at radius 3 is 1.31 bits per heavy atom. The predicted octanol–water partition coefficient (Wildman–Crippen LogP) is 6.30. The normalized spacial score (nSPS) is 11.6. The van der Waals surface area contributed by atoms with Crippen LogP contribution in [0.3, 0.4) is 0 Å². The summed E-state index contributed by atoms with van der Waals surface area (Å²) in [6, 6.07) is 0. The molecule has 0 saturated carbocycles. The van der Waals surface area contributed by atoms with Crippen LogP contribution >= 0.6 is 0 Å². The van der Waals surface area contributed by atoms with Gasteiger partial charge in [-0.3, -0.25) is 0 Å². The van der Waals surface area contributed by atoms with Crippen molar-refractivity contribution >= 4 is 0 Å². The highest BCUT2D eigenvalue weighted by atomic mass is 14.1. The first-order valence-corrected chi connectivity index (χ1v) is 7.19. The summed E-state index contributed by atoms with van der Waals surface area (Å²) in [4.78, 5) is 0. The summed E-state index contributed by atoms with van der Waals surface area (Å²) >= 11 is 0. The van der Waals surface area contributed by atoms with Gasteiger partial charge < -0.3 is 0 Å². The molecule has 0 aromatic heterocycles. The quantitative estimate of drug-likeness (QED) is 0.518. The Labute approximate surface area is 105 Å². The minimum absolute atomic E-state index is 0.552. The second-order valence-electron chi connectivity index (χ2n) is 7.03. The van der Waals surface area contributed by atoms with Gasteiger partial charge in [0.05, 0.1) is 0 Å². The lowest BCUT2D eigenvalue weighted by molar-refractivity contribution is 0.363. The van der Waals surface area contributed by atoms with E-state index in [9.17, 15) is 0 Å².